The van der Waals surface area contributed by atoms with Crippen LogP contribution < -0.4 is 30.8 Å². The predicted octanol–water partition coefficient (Wildman–Crippen LogP) is 11.8. The molecule has 10 aromatic rings. The average Bonchev–Trinajstić information content (AvgIpc) is 3.60. The van der Waals surface area contributed by atoms with Crippen LogP contribution in [0.25, 0.3) is 49.4 Å². The molecule has 5 heteroatoms. The molecule has 57 heavy (non-hydrogen) atoms. The lowest BCUT2D eigenvalue weighted by atomic mass is 9.35. The molecule has 2 aliphatic rings. The minimum Gasteiger partial charge on any atom is -0.458 e. The van der Waals surface area contributed by atoms with E-state index in [1.54, 1.807) is 0 Å². The highest BCUT2D eigenvalue weighted by molar-refractivity contribution is 6.98. The number of fused-ring (bicyclic) bond motifs is 9. The maximum absolute atomic E-state index is 6.85. The predicted molar refractivity (Wildman–Crippen MR) is 236 cm³/mol. The zero-order chi connectivity index (χ0) is 37.5. The zero-order valence-corrected chi connectivity index (χ0v) is 30.8. The van der Waals surface area contributed by atoms with Crippen molar-refractivity contribution in [1.82, 2.24) is 4.57 Å². The van der Waals surface area contributed by atoms with Crippen molar-refractivity contribution >= 4 is 72.7 Å². The molecule has 0 atom stereocenters. The van der Waals surface area contributed by atoms with Crippen molar-refractivity contribution in [1.29, 1.82) is 0 Å². The molecule has 0 fully saturated rings. The Balaban J connectivity index is 1.15. The van der Waals surface area contributed by atoms with E-state index in [-0.39, 0.29) is 6.71 Å². The van der Waals surface area contributed by atoms with E-state index in [1.165, 1.54) is 27.3 Å². The third kappa shape index (κ3) is 4.89. The Morgan fingerprint density at radius 2 is 1.00 bits per heavy atom. The van der Waals surface area contributed by atoms with E-state index in [9.17, 15) is 0 Å². The van der Waals surface area contributed by atoms with Gasteiger partial charge in [-0.15, -0.1) is 0 Å². The minimum atomic E-state index is -0.0312. The largest absolute Gasteiger partial charge is 0.458 e. The Kier molecular flexibility index (Phi) is 6.99. The molecule has 0 aliphatic carbocycles. The summed E-state index contributed by atoms with van der Waals surface area (Å²) in [5.41, 5.74) is 12.4. The number of benzene rings is 9. The van der Waals surface area contributed by atoms with Crippen molar-refractivity contribution in [3.05, 3.63) is 200 Å². The molecule has 0 unspecified atom stereocenters. The molecule has 0 spiro atoms. The molecule has 1 aromatic heterocycles. The monoisotopic (exact) mass is 728 g/mol. The van der Waals surface area contributed by atoms with Crippen molar-refractivity contribution in [2.45, 2.75) is 0 Å². The van der Waals surface area contributed by atoms with Crippen molar-refractivity contribution in [3.63, 3.8) is 0 Å². The van der Waals surface area contributed by atoms with Crippen molar-refractivity contribution in [2.24, 2.45) is 0 Å². The molecule has 2 aliphatic heterocycles. The van der Waals surface area contributed by atoms with Gasteiger partial charge in [0.15, 0.2) is 0 Å². The summed E-state index contributed by atoms with van der Waals surface area (Å²) < 4.78 is 15.7. The van der Waals surface area contributed by atoms with Gasteiger partial charge in [0, 0.05) is 38.7 Å². The molecule has 0 saturated heterocycles. The molecule has 0 saturated carbocycles. The normalized spacial score (nSPS) is 12.5. The standard InChI is InChI=1S/C52H33BN2O2/c1-4-15-34(16-5-1)35-27-29-38(30-28-35)54(36-17-6-2-7-18-36)45-33-46-51(40-22-11-10-21-39(40)45)41-31-50-43(32-44(41)55(46)37-19-8-3-9-20-37)53-42-23-12-13-24-47(42)56-48-25-14-26-49(57-50)52(48)53/h1-33H. The average molecular weight is 729 g/mol. The SMILES string of the molecule is c1ccc(-c2ccc(N(c3ccccc3)c3cc4c(c5ccccc35)c3cc5c(cc3n4-c3ccccc3)B3c4ccccc4Oc4cccc(c43)O5)cc2)cc1. The molecule has 266 valence electrons. The van der Waals surface area contributed by atoms with Crippen LogP contribution in [0.1, 0.15) is 0 Å². The topological polar surface area (TPSA) is 26.6 Å². The minimum absolute atomic E-state index is 0.0312. The third-order valence-corrected chi connectivity index (χ3v) is 11.7. The van der Waals surface area contributed by atoms with Crippen molar-refractivity contribution < 1.29 is 9.47 Å². The van der Waals surface area contributed by atoms with Gasteiger partial charge in [-0.25, -0.2) is 0 Å². The molecule has 0 N–H and O–H groups in total. The van der Waals surface area contributed by atoms with Crippen LogP contribution >= 0.6 is 0 Å². The lowest BCUT2D eigenvalue weighted by molar-refractivity contribution is 0.465. The van der Waals surface area contributed by atoms with E-state index in [1.807, 2.05) is 12.1 Å². The number of anilines is 3. The lowest BCUT2D eigenvalue weighted by Gasteiger charge is -2.32. The first-order valence-electron chi connectivity index (χ1n) is 19.5. The molecule has 3 heterocycles. The van der Waals surface area contributed by atoms with Crippen LogP contribution in [-0.4, -0.2) is 11.3 Å². The van der Waals surface area contributed by atoms with Crippen molar-refractivity contribution in [2.75, 3.05) is 4.90 Å². The zero-order valence-electron chi connectivity index (χ0n) is 30.8. The first kappa shape index (κ1) is 31.8. The van der Waals surface area contributed by atoms with E-state index in [4.69, 9.17) is 9.47 Å². The Hall–Kier alpha value is -7.50. The highest BCUT2D eigenvalue weighted by Gasteiger charge is 2.40. The second-order valence-electron chi connectivity index (χ2n) is 14.8. The summed E-state index contributed by atoms with van der Waals surface area (Å²) in [5, 5.41) is 4.69. The number of hydrogen-bond acceptors (Lipinski definition) is 3. The number of hydrogen-bond donors (Lipinski definition) is 0. The van der Waals surface area contributed by atoms with Crippen molar-refractivity contribution in [3.8, 4) is 39.8 Å². The smallest absolute Gasteiger partial charge is 0.260 e. The summed E-state index contributed by atoms with van der Waals surface area (Å²) in [6.45, 7) is -0.0312. The lowest BCUT2D eigenvalue weighted by Crippen LogP contribution is -2.57. The van der Waals surface area contributed by atoms with Gasteiger partial charge in [0.2, 0.25) is 0 Å². The number of aromatic nitrogens is 1. The van der Waals surface area contributed by atoms with Crippen LogP contribution in [0, 0.1) is 0 Å². The summed E-state index contributed by atoms with van der Waals surface area (Å²) in [6.07, 6.45) is 0. The Bertz CT molecular complexity index is 3180. The number of para-hydroxylation sites is 3. The second-order valence-corrected chi connectivity index (χ2v) is 14.8. The maximum Gasteiger partial charge on any atom is 0.260 e. The summed E-state index contributed by atoms with van der Waals surface area (Å²) in [5.74, 6) is 3.45. The van der Waals surface area contributed by atoms with Gasteiger partial charge >= 0.3 is 0 Å². The van der Waals surface area contributed by atoms with Gasteiger partial charge in [-0.1, -0.05) is 127 Å². The fraction of sp³-hybridized carbons (Fsp3) is 0. The quantitative estimate of drug-likeness (QED) is 0.165. The number of nitrogens with zero attached hydrogens (tertiary/aromatic N) is 2. The third-order valence-electron chi connectivity index (χ3n) is 11.7. The number of rotatable bonds is 5. The van der Waals surface area contributed by atoms with E-state index in [2.05, 4.69) is 198 Å². The van der Waals surface area contributed by atoms with Gasteiger partial charge < -0.3 is 18.9 Å². The van der Waals surface area contributed by atoms with Crippen LogP contribution in [0.4, 0.5) is 17.1 Å². The molecular weight excluding hydrogens is 695 g/mol. The van der Waals surface area contributed by atoms with Gasteiger partial charge in [0.25, 0.3) is 6.71 Å². The van der Waals surface area contributed by atoms with E-state index in [0.29, 0.717) is 0 Å². The first-order valence-corrected chi connectivity index (χ1v) is 19.5. The Labute approximate surface area is 330 Å². The molecule has 0 amide bonds. The molecule has 0 radical (unpaired) electrons. The number of ether oxygens (including phenoxy) is 2. The highest BCUT2D eigenvalue weighted by Crippen LogP contribution is 2.47. The molecular formula is C52H33BN2O2. The molecule has 0 bridgehead atoms. The van der Waals surface area contributed by atoms with E-state index >= 15 is 0 Å². The summed E-state index contributed by atoms with van der Waals surface area (Å²) in [6, 6.07) is 71.4. The Morgan fingerprint density at radius 1 is 0.404 bits per heavy atom. The van der Waals surface area contributed by atoms with Crippen LogP contribution in [0.15, 0.2) is 200 Å². The second kappa shape index (κ2) is 12.5. The molecule has 9 aromatic carbocycles. The molecule has 4 nitrogen and oxygen atoms in total. The van der Waals surface area contributed by atoms with E-state index < -0.39 is 0 Å². The van der Waals surface area contributed by atoms with Crippen LogP contribution in [0.3, 0.4) is 0 Å². The maximum atomic E-state index is 6.85. The first-order chi connectivity index (χ1) is 28.3. The Morgan fingerprint density at radius 3 is 1.77 bits per heavy atom. The van der Waals surface area contributed by atoms with Gasteiger partial charge in [0.1, 0.15) is 23.0 Å². The highest BCUT2D eigenvalue weighted by atomic mass is 16.5. The van der Waals surface area contributed by atoms with Crippen LogP contribution in [0.5, 0.6) is 23.0 Å². The summed E-state index contributed by atoms with van der Waals surface area (Å²) >= 11 is 0. The summed E-state index contributed by atoms with van der Waals surface area (Å²) in [4.78, 5) is 2.40. The summed E-state index contributed by atoms with van der Waals surface area (Å²) in [7, 11) is 0. The van der Waals surface area contributed by atoms with Gasteiger partial charge in [0.05, 0.1) is 16.7 Å². The van der Waals surface area contributed by atoms with Crippen LogP contribution in [-0.2, 0) is 0 Å². The fourth-order valence-corrected chi connectivity index (χ4v) is 9.21. The van der Waals surface area contributed by atoms with E-state index in [0.717, 1.165) is 78.6 Å². The molecule has 12 rings (SSSR count). The van der Waals surface area contributed by atoms with Gasteiger partial charge in [-0.05, 0) is 100 Å². The fourth-order valence-electron chi connectivity index (χ4n) is 9.21. The van der Waals surface area contributed by atoms with Gasteiger partial charge in [-0.3, -0.25) is 0 Å². The van der Waals surface area contributed by atoms with Crippen LogP contribution in [0.2, 0.25) is 0 Å². The van der Waals surface area contributed by atoms with Gasteiger partial charge in [-0.2, -0.15) is 0 Å².